The Hall–Kier alpha value is -0.720. The molecule has 0 aliphatic carbocycles. The monoisotopic (exact) mass is 338 g/mol. The normalized spacial score (nSPS) is 13.0. The number of hydrogen-bond donors (Lipinski definition) is 2. The summed E-state index contributed by atoms with van der Waals surface area (Å²) in [5.41, 5.74) is 4.16. The highest BCUT2D eigenvalue weighted by molar-refractivity contribution is 9.10. The number of rotatable bonds is 3. The summed E-state index contributed by atoms with van der Waals surface area (Å²) in [4.78, 5) is 1.21. The smallest absolute Gasteiger partial charge is 0.0827 e. The van der Waals surface area contributed by atoms with Gasteiger partial charge >= 0.3 is 0 Å². The topological polar surface area (TPSA) is 38.0 Å². The third kappa shape index (κ3) is 2.02. The van der Waals surface area contributed by atoms with Crippen molar-refractivity contribution in [3.8, 4) is 0 Å². The summed E-state index contributed by atoms with van der Waals surface area (Å²) in [7, 11) is 0. The van der Waals surface area contributed by atoms with Crippen LogP contribution in [0, 0.1) is 0 Å². The average Bonchev–Trinajstić information content (AvgIpc) is 2.99. The van der Waals surface area contributed by atoms with Gasteiger partial charge in [0.05, 0.1) is 6.04 Å². The molecule has 0 aliphatic heterocycles. The van der Waals surface area contributed by atoms with Gasteiger partial charge in [0.15, 0.2) is 0 Å². The number of benzene rings is 1. The van der Waals surface area contributed by atoms with E-state index in [1.807, 2.05) is 0 Å². The summed E-state index contributed by atoms with van der Waals surface area (Å²) < 4.78 is 2.39. The fraction of sp³-hybridized carbons (Fsp3) is 0.0769. The third-order valence-electron chi connectivity index (χ3n) is 2.90. The minimum Gasteiger partial charge on any atom is -0.271 e. The molecule has 0 radical (unpaired) electrons. The van der Waals surface area contributed by atoms with Gasteiger partial charge in [0.25, 0.3) is 0 Å². The Balaban J connectivity index is 2.15. The number of nitrogens with two attached hydrogens (primary N) is 1. The molecule has 0 saturated heterocycles. The zero-order valence-electron chi connectivity index (χ0n) is 9.39. The van der Waals surface area contributed by atoms with Crippen molar-refractivity contribution in [1.82, 2.24) is 5.43 Å². The molecule has 92 valence electrons. The molecule has 1 aromatic carbocycles. The van der Waals surface area contributed by atoms with Gasteiger partial charge in [0.2, 0.25) is 0 Å². The molecule has 2 aromatic heterocycles. The zero-order chi connectivity index (χ0) is 12.5. The van der Waals surface area contributed by atoms with Gasteiger partial charge in [-0.1, -0.05) is 18.2 Å². The lowest BCUT2D eigenvalue weighted by Crippen LogP contribution is -2.28. The Morgan fingerprint density at radius 3 is 2.72 bits per heavy atom. The molecule has 0 bridgehead atoms. The van der Waals surface area contributed by atoms with Crippen molar-refractivity contribution in [3.05, 3.63) is 56.0 Å². The lowest BCUT2D eigenvalue weighted by molar-refractivity contribution is 0.650. The molecule has 0 saturated carbocycles. The van der Waals surface area contributed by atoms with Crippen molar-refractivity contribution in [1.29, 1.82) is 0 Å². The zero-order valence-corrected chi connectivity index (χ0v) is 12.6. The molecule has 18 heavy (non-hydrogen) atoms. The van der Waals surface area contributed by atoms with E-state index in [2.05, 4.69) is 62.4 Å². The molecule has 3 aromatic rings. The van der Waals surface area contributed by atoms with Gasteiger partial charge in [-0.05, 0) is 49.8 Å². The highest BCUT2D eigenvalue weighted by Gasteiger charge is 2.19. The second kappa shape index (κ2) is 5.11. The van der Waals surface area contributed by atoms with Gasteiger partial charge in [-0.25, -0.2) is 5.43 Å². The molecule has 0 spiro atoms. The maximum absolute atomic E-state index is 5.76. The number of halogens is 1. The molecule has 5 heteroatoms. The van der Waals surface area contributed by atoms with E-state index < -0.39 is 0 Å². The number of nitrogens with one attached hydrogen (secondary N) is 1. The van der Waals surface area contributed by atoms with Crippen LogP contribution in [0.15, 0.2) is 45.6 Å². The van der Waals surface area contributed by atoms with Crippen LogP contribution in [0.3, 0.4) is 0 Å². The SMILES string of the molecule is NNC(c1sccc1Br)c1csc2ccccc12. The first kappa shape index (κ1) is 12.3. The molecular weight excluding hydrogens is 328 g/mol. The van der Waals surface area contributed by atoms with E-state index in [0.717, 1.165) is 4.47 Å². The first-order valence-electron chi connectivity index (χ1n) is 5.46. The molecular formula is C13H11BrN2S2. The first-order valence-corrected chi connectivity index (χ1v) is 8.01. The molecule has 2 nitrogen and oxygen atoms in total. The quantitative estimate of drug-likeness (QED) is 0.552. The summed E-state index contributed by atoms with van der Waals surface area (Å²) >= 11 is 7.03. The number of hydrogen-bond acceptors (Lipinski definition) is 4. The Morgan fingerprint density at radius 2 is 2.00 bits per heavy atom. The van der Waals surface area contributed by atoms with E-state index in [1.54, 1.807) is 22.7 Å². The lowest BCUT2D eigenvalue weighted by Gasteiger charge is -2.14. The van der Waals surface area contributed by atoms with Crippen LogP contribution in [0.2, 0.25) is 0 Å². The van der Waals surface area contributed by atoms with Gasteiger partial charge in [0, 0.05) is 14.0 Å². The highest BCUT2D eigenvalue weighted by Crippen LogP contribution is 2.37. The molecule has 0 amide bonds. The fourth-order valence-electron chi connectivity index (χ4n) is 2.04. The van der Waals surface area contributed by atoms with E-state index in [9.17, 15) is 0 Å². The van der Waals surface area contributed by atoms with Gasteiger partial charge in [-0.2, -0.15) is 0 Å². The molecule has 1 unspecified atom stereocenters. The van der Waals surface area contributed by atoms with Crippen molar-refractivity contribution >= 4 is 48.7 Å². The van der Waals surface area contributed by atoms with Crippen LogP contribution in [0.25, 0.3) is 10.1 Å². The van der Waals surface area contributed by atoms with E-state index in [1.165, 1.54) is 20.5 Å². The van der Waals surface area contributed by atoms with Crippen molar-refractivity contribution in [2.45, 2.75) is 6.04 Å². The fourth-order valence-corrected chi connectivity index (χ4v) is 4.71. The van der Waals surface area contributed by atoms with Crippen LogP contribution in [0.4, 0.5) is 0 Å². The van der Waals surface area contributed by atoms with Crippen molar-refractivity contribution in [3.63, 3.8) is 0 Å². The van der Waals surface area contributed by atoms with Crippen LogP contribution in [-0.4, -0.2) is 0 Å². The molecule has 3 rings (SSSR count). The molecule has 0 fully saturated rings. The second-order valence-corrected chi connectivity index (χ2v) is 6.63. The molecule has 3 N–H and O–H groups in total. The first-order chi connectivity index (χ1) is 8.81. The second-order valence-electron chi connectivity index (χ2n) is 3.92. The van der Waals surface area contributed by atoms with Crippen LogP contribution in [0.5, 0.6) is 0 Å². The van der Waals surface area contributed by atoms with E-state index in [-0.39, 0.29) is 6.04 Å². The lowest BCUT2D eigenvalue weighted by atomic mass is 10.1. The van der Waals surface area contributed by atoms with E-state index >= 15 is 0 Å². The van der Waals surface area contributed by atoms with Gasteiger partial charge in [-0.15, -0.1) is 22.7 Å². The van der Waals surface area contributed by atoms with Gasteiger partial charge in [0.1, 0.15) is 0 Å². The standard InChI is InChI=1S/C13H11BrN2S2/c14-10-5-6-17-13(10)12(16-15)9-7-18-11-4-2-1-3-8(9)11/h1-7,12,16H,15H2. The summed E-state index contributed by atoms with van der Waals surface area (Å²) in [6.45, 7) is 0. The average molecular weight is 339 g/mol. The summed E-state index contributed by atoms with van der Waals surface area (Å²) in [6.07, 6.45) is 0. The Morgan fingerprint density at radius 1 is 1.17 bits per heavy atom. The van der Waals surface area contributed by atoms with Crippen LogP contribution >= 0.6 is 38.6 Å². The minimum atomic E-state index is 0.0375. The number of thiophene rings is 2. The van der Waals surface area contributed by atoms with Crippen molar-refractivity contribution < 1.29 is 0 Å². The molecule has 1 atom stereocenters. The third-order valence-corrected chi connectivity index (χ3v) is 5.81. The predicted octanol–water partition coefficient (Wildman–Crippen LogP) is 4.28. The summed E-state index contributed by atoms with van der Waals surface area (Å²) in [5, 5.41) is 5.52. The highest BCUT2D eigenvalue weighted by atomic mass is 79.9. The van der Waals surface area contributed by atoms with Crippen molar-refractivity contribution in [2.24, 2.45) is 5.84 Å². The molecule has 0 aliphatic rings. The van der Waals surface area contributed by atoms with Gasteiger partial charge in [-0.3, -0.25) is 5.84 Å². The van der Waals surface area contributed by atoms with Crippen LogP contribution in [-0.2, 0) is 0 Å². The Labute approximate surface area is 122 Å². The van der Waals surface area contributed by atoms with E-state index in [0.29, 0.717) is 0 Å². The Bertz CT molecular complexity index is 674. The van der Waals surface area contributed by atoms with Crippen LogP contribution < -0.4 is 11.3 Å². The summed E-state index contributed by atoms with van der Waals surface area (Å²) in [5.74, 6) is 5.76. The minimum absolute atomic E-state index is 0.0375. The number of hydrazine groups is 1. The molecule has 2 heterocycles. The summed E-state index contributed by atoms with van der Waals surface area (Å²) in [6, 6.07) is 10.5. The largest absolute Gasteiger partial charge is 0.271 e. The van der Waals surface area contributed by atoms with E-state index in [4.69, 9.17) is 5.84 Å². The Kier molecular flexibility index (Phi) is 3.50. The van der Waals surface area contributed by atoms with Crippen LogP contribution in [0.1, 0.15) is 16.5 Å². The predicted molar refractivity (Wildman–Crippen MR) is 83.0 cm³/mol. The maximum atomic E-state index is 5.76. The van der Waals surface area contributed by atoms with Gasteiger partial charge < -0.3 is 0 Å². The van der Waals surface area contributed by atoms with Crippen molar-refractivity contribution in [2.75, 3.05) is 0 Å². The maximum Gasteiger partial charge on any atom is 0.0827 e. The number of fused-ring (bicyclic) bond motifs is 1.